The van der Waals surface area contributed by atoms with Gasteiger partial charge in [0.15, 0.2) is 0 Å². The average molecular weight is 272 g/mol. The van der Waals surface area contributed by atoms with Gasteiger partial charge in [-0.1, -0.05) is 6.92 Å². The number of sulfonamides is 1. The summed E-state index contributed by atoms with van der Waals surface area (Å²) < 4.78 is 25.5. The molecule has 1 aromatic heterocycles. The molecule has 1 rings (SSSR count). The number of rotatable bonds is 7. The molecule has 1 unspecified atom stereocenters. The second kappa shape index (κ2) is 6.46. The van der Waals surface area contributed by atoms with E-state index in [1.807, 2.05) is 0 Å². The lowest BCUT2D eigenvalue weighted by Crippen LogP contribution is -2.33. The third kappa shape index (κ3) is 5.24. The van der Waals surface area contributed by atoms with Crippen molar-refractivity contribution >= 4 is 16.0 Å². The van der Waals surface area contributed by atoms with Crippen LogP contribution < -0.4 is 4.72 Å². The van der Waals surface area contributed by atoms with E-state index in [2.05, 4.69) is 9.71 Å². The van der Waals surface area contributed by atoms with E-state index in [1.54, 1.807) is 24.5 Å². The molecule has 0 bridgehead atoms. The van der Waals surface area contributed by atoms with Gasteiger partial charge in [-0.25, -0.2) is 13.1 Å². The van der Waals surface area contributed by atoms with Crippen LogP contribution in [0.4, 0.5) is 0 Å². The largest absolute Gasteiger partial charge is 0.481 e. The molecule has 0 amide bonds. The van der Waals surface area contributed by atoms with E-state index >= 15 is 0 Å². The van der Waals surface area contributed by atoms with E-state index in [1.165, 1.54) is 6.92 Å². The monoisotopic (exact) mass is 272 g/mol. The lowest BCUT2D eigenvalue weighted by molar-refractivity contribution is -0.140. The van der Waals surface area contributed by atoms with E-state index in [4.69, 9.17) is 5.11 Å². The van der Waals surface area contributed by atoms with E-state index in [0.29, 0.717) is 6.42 Å². The zero-order valence-corrected chi connectivity index (χ0v) is 10.9. The number of hydrogen-bond donors (Lipinski definition) is 2. The molecular weight excluding hydrogens is 256 g/mol. The smallest absolute Gasteiger partial charge is 0.307 e. The van der Waals surface area contributed by atoms with Crippen LogP contribution in [0, 0.1) is 5.92 Å². The lowest BCUT2D eigenvalue weighted by atomic mass is 10.2. The highest BCUT2D eigenvalue weighted by molar-refractivity contribution is 7.89. The second-order valence-corrected chi connectivity index (χ2v) is 5.94. The highest BCUT2D eigenvalue weighted by Crippen LogP contribution is 2.01. The fourth-order valence-electron chi connectivity index (χ4n) is 1.21. The van der Waals surface area contributed by atoms with Crippen LogP contribution in [-0.2, 0) is 21.2 Å². The van der Waals surface area contributed by atoms with Gasteiger partial charge in [0.05, 0.1) is 11.7 Å². The van der Waals surface area contributed by atoms with Crippen molar-refractivity contribution in [2.45, 2.75) is 13.3 Å². The minimum Gasteiger partial charge on any atom is -0.481 e. The van der Waals surface area contributed by atoms with Crippen molar-refractivity contribution in [2.75, 3.05) is 12.3 Å². The van der Waals surface area contributed by atoms with E-state index in [0.717, 1.165) is 5.56 Å². The first-order valence-corrected chi connectivity index (χ1v) is 7.15. The number of aliphatic carboxylic acids is 1. The van der Waals surface area contributed by atoms with Gasteiger partial charge in [-0.2, -0.15) is 0 Å². The number of nitrogens with one attached hydrogen (secondary N) is 1. The summed E-state index contributed by atoms with van der Waals surface area (Å²) in [5.74, 6) is -1.82. The zero-order valence-electron chi connectivity index (χ0n) is 10.0. The van der Waals surface area contributed by atoms with Gasteiger partial charge in [0.25, 0.3) is 0 Å². The Morgan fingerprint density at radius 2 is 2.06 bits per heavy atom. The van der Waals surface area contributed by atoms with Crippen LogP contribution in [0.5, 0.6) is 0 Å². The Bertz CT molecular complexity index is 487. The second-order valence-electron chi connectivity index (χ2n) is 4.01. The Morgan fingerprint density at radius 1 is 1.44 bits per heavy atom. The van der Waals surface area contributed by atoms with E-state index in [-0.39, 0.29) is 12.3 Å². The van der Waals surface area contributed by atoms with Crippen molar-refractivity contribution in [2.24, 2.45) is 5.92 Å². The SMILES string of the molecule is CC(CNS(=O)(=O)CCc1ccncc1)C(=O)O. The maximum atomic E-state index is 11.6. The highest BCUT2D eigenvalue weighted by atomic mass is 32.2. The predicted octanol–water partition coefficient (Wildman–Crippen LogP) is 0.264. The average Bonchev–Trinajstić information content (AvgIpc) is 2.35. The maximum absolute atomic E-state index is 11.6. The van der Waals surface area contributed by atoms with Crippen LogP contribution in [0.15, 0.2) is 24.5 Å². The van der Waals surface area contributed by atoms with Crippen molar-refractivity contribution in [3.05, 3.63) is 30.1 Å². The minimum absolute atomic E-state index is 0.0661. The molecule has 0 aliphatic carbocycles. The number of hydrogen-bond acceptors (Lipinski definition) is 4. The Balaban J connectivity index is 2.43. The predicted molar refractivity (Wildman–Crippen MR) is 66.5 cm³/mol. The first-order chi connectivity index (χ1) is 8.41. The van der Waals surface area contributed by atoms with Crippen LogP contribution in [0.3, 0.4) is 0 Å². The van der Waals surface area contributed by atoms with Gasteiger partial charge in [0, 0.05) is 18.9 Å². The van der Waals surface area contributed by atoms with Crippen molar-refractivity contribution in [1.29, 1.82) is 0 Å². The molecular formula is C11H16N2O4S. The van der Waals surface area contributed by atoms with Gasteiger partial charge in [0.1, 0.15) is 0 Å². The quantitative estimate of drug-likeness (QED) is 0.742. The Labute approximate surface area is 106 Å². The molecule has 0 fully saturated rings. The van der Waals surface area contributed by atoms with Crippen molar-refractivity contribution in [3.8, 4) is 0 Å². The van der Waals surface area contributed by atoms with Crippen LogP contribution in [0.25, 0.3) is 0 Å². The van der Waals surface area contributed by atoms with E-state index < -0.39 is 21.9 Å². The Kier molecular flexibility index (Phi) is 5.24. The number of aryl methyl sites for hydroxylation is 1. The third-order valence-electron chi connectivity index (χ3n) is 2.44. The first-order valence-electron chi connectivity index (χ1n) is 5.50. The number of pyridine rings is 1. The molecule has 0 aliphatic heterocycles. The standard InChI is InChI=1S/C11H16N2O4S/c1-9(11(14)15)8-13-18(16,17)7-4-10-2-5-12-6-3-10/h2-3,5-6,9,13H,4,7-8H2,1H3,(H,14,15). The summed E-state index contributed by atoms with van der Waals surface area (Å²) in [5.41, 5.74) is 0.877. The molecule has 0 spiro atoms. The van der Waals surface area contributed by atoms with Crippen molar-refractivity contribution < 1.29 is 18.3 Å². The Morgan fingerprint density at radius 3 is 2.61 bits per heavy atom. The summed E-state index contributed by atoms with van der Waals surface area (Å²) in [7, 11) is -3.44. The normalized spacial score (nSPS) is 13.2. The minimum atomic E-state index is -3.44. The highest BCUT2D eigenvalue weighted by Gasteiger charge is 2.16. The summed E-state index contributed by atoms with van der Waals surface area (Å²) in [6, 6.07) is 3.49. The topological polar surface area (TPSA) is 96.4 Å². The third-order valence-corrected chi connectivity index (χ3v) is 3.79. The Hall–Kier alpha value is -1.47. The molecule has 7 heteroatoms. The molecule has 0 aromatic carbocycles. The molecule has 1 atom stereocenters. The first kappa shape index (κ1) is 14.6. The summed E-state index contributed by atoms with van der Waals surface area (Å²) in [5, 5.41) is 8.64. The molecule has 0 saturated carbocycles. The molecule has 6 nitrogen and oxygen atoms in total. The summed E-state index contributed by atoms with van der Waals surface area (Å²) in [6.07, 6.45) is 3.57. The summed E-state index contributed by atoms with van der Waals surface area (Å²) in [4.78, 5) is 14.4. The molecule has 100 valence electrons. The number of nitrogens with zero attached hydrogens (tertiary/aromatic N) is 1. The number of carboxylic acids is 1. The molecule has 1 heterocycles. The number of aromatic nitrogens is 1. The maximum Gasteiger partial charge on any atom is 0.307 e. The zero-order chi connectivity index (χ0) is 13.6. The fraction of sp³-hybridized carbons (Fsp3) is 0.455. The van der Waals surface area contributed by atoms with Crippen molar-refractivity contribution in [1.82, 2.24) is 9.71 Å². The molecule has 2 N–H and O–H groups in total. The van der Waals surface area contributed by atoms with Crippen molar-refractivity contribution in [3.63, 3.8) is 0 Å². The molecule has 1 aromatic rings. The lowest BCUT2D eigenvalue weighted by Gasteiger charge is -2.09. The fourth-order valence-corrected chi connectivity index (χ4v) is 2.37. The molecule has 0 radical (unpaired) electrons. The number of carbonyl (C=O) groups is 1. The van der Waals surface area contributed by atoms with E-state index in [9.17, 15) is 13.2 Å². The number of carboxylic acid groups (broad SMARTS) is 1. The summed E-state index contributed by atoms with van der Waals surface area (Å²) in [6.45, 7) is 1.36. The van der Waals surface area contributed by atoms with Gasteiger partial charge in [-0.3, -0.25) is 9.78 Å². The van der Waals surface area contributed by atoms with Crippen LogP contribution in [-0.4, -0.2) is 36.8 Å². The van der Waals surface area contributed by atoms with Gasteiger partial charge < -0.3 is 5.11 Å². The van der Waals surface area contributed by atoms with Crippen LogP contribution in [0.1, 0.15) is 12.5 Å². The molecule has 18 heavy (non-hydrogen) atoms. The van der Waals surface area contributed by atoms with Crippen LogP contribution >= 0.6 is 0 Å². The van der Waals surface area contributed by atoms with Gasteiger partial charge in [-0.15, -0.1) is 0 Å². The van der Waals surface area contributed by atoms with Crippen LogP contribution in [0.2, 0.25) is 0 Å². The van der Waals surface area contributed by atoms with Gasteiger partial charge in [-0.05, 0) is 24.1 Å². The molecule has 0 saturated heterocycles. The van der Waals surface area contributed by atoms with Gasteiger partial charge in [0.2, 0.25) is 10.0 Å². The van der Waals surface area contributed by atoms with Gasteiger partial charge >= 0.3 is 5.97 Å². The summed E-state index contributed by atoms with van der Waals surface area (Å²) >= 11 is 0. The molecule has 0 aliphatic rings.